The molecule has 0 N–H and O–H groups in total. The Morgan fingerprint density at radius 1 is 0.389 bits per heavy atom. The lowest BCUT2D eigenvalue weighted by Gasteiger charge is -2.01. The van der Waals surface area contributed by atoms with Crippen LogP contribution in [0.4, 0.5) is 0 Å². The van der Waals surface area contributed by atoms with Crippen molar-refractivity contribution in [3.63, 3.8) is 0 Å². The van der Waals surface area contributed by atoms with Crippen molar-refractivity contribution in [2.45, 2.75) is 125 Å². The Bertz CT molecular complexity index is 3570. The number of ketones is 10. The van der Waals surface area contributed by atoms with Crippen LogP contribution in [0.2, 0.25) is 0 Å². The largest absolute Gasteiger partial charge is 0.308 e. The third-order valence-corrected chi connectivity index (χ3v) is 11.2. The molecule has 0 bridgehead atoms. The first kappa shape index (κ1) is 83.5. The second-order valence-electron chi connectivity index (χ2n) is 19.0. The van der Waals surface area contributed by atoms with E-state index in [0.717, 1.165) is 38.9 Å². The van der Waals surface area contributed by atoms with Gasteiger partial charge in [-0.3, -0.25) is 43.2 Å². The van der Waals surface area contributed by atoms with E-state index in [9.17, 15) is 47.9 Å². The van der Waals surface area contributed by atoms with Crippen molar-refractivity contribution in [3.05, 3.63) is 272 Å². The number of Topliss-reactive ketones (excluding diaryl/α,β-unsaturated/α-hetero) is 9. The van der Waals surface area contributed by atoms with Gasteiger partial charge >= 0.3 is 0 Å². The highest BCUT2D eigenvalue weighted by atomic mass is 16.2. The normalized spacial score (nSPS) is 9.94. The first-order chi connectivity index (χ1) is 42.5. The molecule has 0 atom stereocenters. The minimum Gasteiger partial charge on any atom is -0.308 e. The van der Waals surface area contributed by atoms with Crippen molar-refractivity contribution in [3.8, 4) is 23.7 Å². The van der Waals surface area contributed by atoms with Gasteiger partial charge in [0, 0.05) is 44.5 Å². The number of carbonyl (C=O) groups excluding carboxylic acids is 10. The monoisotopic (exact) mass is 1210 g/mol. The molecule has 0 fully saturated rings. The van der Waals surface area contributed by atoms with Crippen molar-refractivity contribution in [2.75, 3.05) is 0 Å². The molecule has 90 heavy (non-hydrogen) atoms. The molecule has 0 aliphatic rings. The molecule has 0 aliphatic carbocycles. The summed E-state index contributed by atoms with van der Waals surface area (Å²) >= 11 is 0. The van der Waals surface area contributed by atoms with Crippen molar-refractivity contribution in [1.82, 2.24) is 0 Å². The zero-order valence-electron chi connectivity index (χ0n) is 55.6. The van der Waals surface area contributed by atoms with Gasteiger partial charge in [0.05, 0.1) is 12.1 Å². The van der Waals surface area contributed by atoms with Gasteiger partial charge in [0.2, 0.25) is 5.70 Å². The summed E-state index contributed by atoms with van der Waals surface area (Å²) in [5, 5.41) is 0. The van der Waals surface area contributed by atoms with E-state index in [1.54, 1.807) is 97.0 Å². The molecule has 0 saturated heterocycles. The smallest absolute Gasteiger partial charge is 0.224 e. The SMILES string of the molecule is C/C=C/C=C(C(C)=O)C(C)=O.C/C=C/C=C/C(C)=O.C/C=C/C=C/c1ccc(C(C)=O)cc1.C/C=C/c1ccc(C(C)=O)cc1.CC#Cc1cc(C(C)=O)cc(C(C)=O)c1.CC#Cc1ccc(C(C)=O)cc1.CC(=O)c1ccc(C)cc1.[C-]#[N+]/C(=C\C)C(C)=O. The topological polar surface area (TPSA) is 175 Å². The van der Waals surface area contributed by atoms with E-state index in [-0.39, 0.29) is 69.1 Å². The Labute approximate surface area is 535 Å². The molecular weight excluding hydrogens is 1120 g/mol. The van der Waals surface area contributed by atoms with Crippen LogP contribution in [0.3, 0.4) is 0 Å². The van der Waals surface area contributed by atoms with Gasteiger partial charge in [0.1, 0.15) is 0 Å². The molecule has 0 aliphatic heterocycles. The Kier molecular flexibility index (Phi) is 46.9. The first-order valence-electron chi connectivity index (χ1n) is 28.6. The van der Waals surface area contributed by atoms with Crippen molar-refractivity contribution >= 4 is 70.0 Å². The third-order valence-electron chi connectivity index (χ3n) is 11.2. The number of nitrogens with zero attached hydrogens (tertiary/aromatic N) is 1. The Hall–Kier alpha value is -10.7. The third kappa shape index (κ3) is 41.4. The number of rotatable bonds is 15. The Morgan fingerprint density at radius 3 is 1.04 bits per heavy atom. The second kappa shape index (κ2) is 50.5. The number of carbonyl (C=O) groups is 10. The van der Waals surface area contributed by atoms with E-state index in [4.69, 9.17) is 6.57 Å². The summed E-state index contributed by atoms with van der Waals surface area (Å²) in [5.41, 5.74) is 9.63. The van der Waals surface area contributed by atoms with Crippen LogP contribution in [0.25, 0.3) is 17.0 Å². The number of hydrogen-bond acceptors (Lipinski definition) is 10. The van der Waals surface area contributed by atoms with E-state index in [2.05, 4.69) is 28.5 Å². The second-order valence-corrected chi connectivity index (χ2v) is 19.0. The van der Waals surface area contributed by atoms with E-state index in [0.29, 0.717) is 16.7 Å². The van der Waals surface area contributed by atoms with E-state index in [1.165, 1.54) is 65.3 Å². The standard InChI is InChI=1S/C13H12O2.C13H14O.C11H12O.C11H10O.C9H12O2.C9H10O.C7H10O.C6H7NO/c1-4-5-11-6-12(9(2)14)8-13(7-11)10(3)15;1-3-4-5-6-12-7-9-13(10-8-12)11(2)14;2*1-3-4-10-5-7-11(8-6-10)9(2)12;1-4-5-6-9(7(2)10)8(3)11;1-7-3-5-9(6-4-7)8(2)10;1-3-4-5-6-7(2)8;1-4-6(7-3)5(2)8/h6-8H,1-3H3;3-10H,1-2H3;3-8H,1-2H3;5-8H,1-2H3;4-6H,1-3H3;3-6H,1-2H3;3-6H,1-2H3;4H,1-2H3/b;4-3+,6-5+;4-3+;;5-4+;;4-3+,6-5+;6-4-. The summed E-state index contributed by atoms with van der Waals surface area (Å²) in [6.45, 7) is 36.2. The maximum absolute atomic E-state index is 11.2. The highest BCUT2D eigenvalue weighted by Crippen LogP contribution is 2.12. The van der Waals surface area contributed by atoms with Crippen LogP contribution >= 0.6 is 0 Å². The maximum atomic E-state index is 11.2. The van der Waals surface area contributed by atoms with Crippen LogP contribution < -0.4 is 0 Å². The average Bonchev–Trinajstić information content (AvgIpc) is 2.77. The summed E-state index contributed by atoms with van der Waals surface area (Å²) in [4.78, 5) is 111. The van der Waals surface area contributed by atoms with Gasteiger partial charge in [0.25, 0.3) is 0 Å². The van der Waals surface area contributed by atoms with Crippen molar-refractivity contribution in [1.29, 1.82) is 0 Å². The molecule has 5 rings (SSSR count). The van der Waals surface area contributed by atoms with Crippen LogP contribution in [-0.2, 0) is 19.2 Å². The molecular formula is C79H87NO10. The van der Waals surface area contributed by atoms with Gasteiger partial charge in [-0.1, -0.05) is 182 Å². The number of benzene rings is 5. The number of hydrogen-bond donors (Lipinski definition) is 0. The molecule has 11 nitrogen and oxygen atoms in total. The fraction of sp³-hybridized carbons (Fsp3) is 0.228. The molecule has 0 radical (unpaired) electrons. The minimum atomic E-state index is -0.185. The lowest BCUT2D eigenvalue weighted by atomic mass is 10.0. The van der Waals surface area contributed by atoms with Crippen LogP contribution in [0, 0.1) is 37.2 Å². The van der Waals surface area contributed by atoms with E-state index >= 15 is 0 Å². The van der Waals surface area contributed by atoms with Gasteiger partial charge in [0.15, 0.2) is 57.8 Å². The maximum Gasteiger partial charge on any atom is 0.224 e. The van der Waals surface area contributed by atoms with Gasteiger partial charge in [-0.2, -0.15) is 0 Å². The average molecular weight is 1210 g/mol. The predicted molar refractivity (Wildman–Crippen MR) is 371 cm³/mol. The minimum absolute atomic E-state index is 0.0581. The number of allylic oxidation sites excluding steroid dienone is 14. The lowest BCUT2D eigenvalue weighted by Crippen LogP contribution is -2.05. The summed E-state index contributed by atoms with van der Waals surface area (Å²) < 4.78 is 0. The molecule has 5 aromatic carbocycles. The molecule has 11 heteroatoms. The molecule has 0 spiro atoms. The van der Waals surface area contributed by atoms with Crippen molar-refractivity contribution < 1.29 is 47.9 Å². The lowest BCUT2D eigenvalue weighted by molar-refractivity contribution is -0.119. The van der Waals surface area contributed by atoms with Gasteiger partial charge in [-0.25, -0.2) is 4.85 Å². The molecule has 0 heterocycles. The predicted octanol–water partition coefficient (Wildman–Crippen LogP) is 18.1. The van der Waals surface area contributed by atoms with E-state index in [1.807, 2.05) is 168 Å². The zero-order chi connectivity index (χ0) is 69.1. The Balaban J connectivity index is -0.000000969. The molecule has 0 amide bonds. The summed E-state index contributed by atoms with van der Waals surface area (Å²) in [5.74, 6) is 11.2. The summed E-state index contributed by atoms with van der Waals surface area (Å²) in [6, 6.07) is 35.0. The Morgan fingerprint density at radius 2 is 0.744 bits per heavy atom. The molecule has 0 saturated carbocycles. The summed E-state index contributed by atoms with van der Waals surface area (Å²) in [7, 11) is 0. The van der Waals surface area contributed by atoms with Gasteiger partial charge < -0.3 is 4.79 Å². The van der Waals surface area contributed by atoms with Gasteiger partial charge in [-0.05, 0) is 171 Å². The molecule has 5 aromatic rings. The highest BCUT2D eigenvalue weighted by Gasteiger charge is 2.08. The van der Waals surface area contributed by atoms with Gasteiger partial charge in [-0.15, -0.1) is 11.8 Å². The van der Waals surface area contributed by atoms with Crippen LogP contribution in [0.1, 0.15) is 208 Å². The molecule has 0 unspecified atom stereocenters. The fourth-order valence-electron chi connectivity index (χ4n) is 6.42. The first-order valence-corrected chi connectivity index (χ1v) is 28.6. The molecule has 468 valence electrons. The van der Waals surface area contributed by atoms with Crippen LogP contribution in [0.15, 0.2) is 199 Å². The zero-order valence-corrected chi connectivity index (χ0v) is 55.6. The molecule has 0 aromatic heterocycles. The number of aryl methyl sites for hydroxylation is 1. The van der Waals surface area contributed by atoms with Crippen molar-refractivity contribution in [2.24, 2.45) is 0 Å². The highest BCUT2D eigenvalue weighted by molar-refractivity contribution is 6.18. The summed E-state index contributed by atoms with van der Waals surface area (Å²) in [6.07, 6.45) is 25.3. The quantitative estimate of drug-likeness (QED) is 0.0187. The fourth-order valence-corrected chi connectivity index (χ4v) is 6.42. The van der Waals surface area contributed by atoms with Crippen LogP contribution in [-0.4, -0.2) is 57.8 Å². The van der Waals surface area contributed by atoms with Crippen LogP contribution in [0.5, 0.6) is 0 Å². The van der Waals surface area contributed by atoms with E-state index < -0.39 is 0 Å².